The first kappa shape index (κ1) is 45.7. The van der Waals surface area contributed by atoms with E-state index < -0.39 is 116 Å². The Kier molecular flexibility index (Phi) is 15.9. The lowest BCUT2D eigenvalue weighted by Gasteiger charge is -2.46. The average Bonchev–Trinajstić information content (AvgIpc) is 3.51. The van der Waals surface area contributed by atoms with Crippen molar-refractivity contribution in [2.75, 3.05) is 27.4 Å². The molecule has 0 unspecified atom stereocenters. The molecule has 4 rings (SSSR count). The van der Waals surface area contributed by atoms with Gasteiger partial charge in [0.25, 0.3) is 0 Å². The summed E-state index contributed by atoms with van der Waals surface area (Å²) in [5.41, 5.74) is 0.859. The highest BCUT2D eigenvalue weighted by atomic mass is 16.8. The van der Waals surface area contributed by atoms with Crippen molar-refractivity contribution in [2.24, 2.45) is 11.8 Å². The first-order valence-electron chi connectivity index (χ1n) is 18.2. The van der Waals surface area contributed by atoms with Crippen LogP contribution in [0, 0.1) is 11.8 Å². The molecule has 2 heterocycles. The minimum absolute atomic E-state index is 0.0751. The summed E-state index contributed by atoms with van der Waals surface area (Å²) in [5, 5.41) is 0. The summed E-state index contributed by atoms with van der Waals surface area (Å²) >= 11 is 0. The molecule has 59 heavy (non-hydrogen) atoms. The smallest absolute Gasteiger partial charge is 0.337 e. The van der Waals surface area contributed by atoms with Crippen LogP contribution in [0.15, 0.2) is 41.7 Å². The van der Waals surface area contributed by atoms with Gasteiger partial charge in [0.2, 0.25) is 12.6 Å². The Hall–Kier alpha value is -6.02. The van der Waals surface area contributed by atoms with Gasteiger partial charge in [0.1, 0.15) is 25.4 Å². The van der Waals surface area contributed by atoms with E-state index in [1.807, 2.05) is 0 Å². The predicted molar refractivity (Wildman–Crippen MR) is 192 cm³/mol. The molecule has 20 nitrogen and oxygen atoms in total. The molecule has 1 fully saturated rings. The summed E-state index contributed by atoms with van der Waals surface area (Å²) in [7, 11) is 2.53. The Bertz CT molecular complexity index is 1850. The molecule has 20 heteroatoms. The third kappa shape index (κ3) is 12.2. The molecule has 1 saturated heterocycles. The molecule has 9 atom stereocenters. The van der Waals surface area contributed by atoms with Gasteiger partial charge in [-0.05, 0) is 35.8 Å². The summed E-state index contributed by atoms with van der Waals surface area (Å²) in [4.78, 5) is 98.7. The van der Waals surface area contributed by atoms with Crippen LogP contribution in [0.4, 0.5) is 0 Å². The van der Waals surface area contributed by atoms with E-state index in [0.717, 1.165) is 48.0 Å². The standard InChI is InChI=1S/C39H46O20/c1-18(40)50-17-30-34(55-21(4)43)35(56-22(5)44)36(57-23(6)45)39(58-30)59-38-32-25(14-29(54-20(3)42)33(32)26(16-52-38)37(47)49-8)15-51-31(46)12-10-24-9-11-27(53-19(2)41)28(13-24)48-7/h9,11,13-14,16,29-30,32-36,38-39H,10,12,15,17H2,1-8H3/t29-,30+,32+,33-,34+,35-,36+,38-,39-/m0/s1. The zero-order valence-corrected chi connectivity index (χ0v) is 33.6. The van der Waals surface area contributed by atoms with Gasteiger partial charge in [0.05, 0.1) is 32.0 Å². The minimum atomic E-state index is -1.71. The quantitative estimate of drug-likeness (QED) is 0.0995. The number of esters is 8. The van der Waals surface area contributed by atoms with Crippen LogP contribution >= 0.6 is 0 Å². The lowest BCUT2D eigenvalue weighted by Crippen LogP contribution is -2.63. The van der Waals surface area contributed by atoms with Crippen molar-refractivity contribution in [2.45, 2.75) is 97.5 Å². The molecule has 0 amide bonds. The second-order valence-corrected chi connectivity index (χ2v) is 13.4. The number of fused-ring (bicyclic) bond motifs is 1. The molecule has 0 radical (unpaired) electrons. The predicted octanol–water partition coefficient (Wildman–Crippen LogP) is 1.71. The van der Waals surface area contributed by atoms with Crippen LogP contribution in [0.2, 0.25) is 0 Å². The Labute approximate surface area is 338 Å². The average molecular weight is 835 g/mol. The Balaban J connectivity index is 1.67. The molecule has 322 valence electrons. The fourth-order valence-electron chi connectivity index (χ4n) is 6.76. The van der Waals surface area contributed by atoms with Gasteiger partial charge in [-0.25, -0.2) is 4.79 Å². The highest BCUT2D eigenvalue weighted by Crippen LogP contribution is 2.46. The number of methoxy groups -OCH3 is 2. The van der Waals surface area contributed by atoms with Crippen molar-refractivity contribution in [1.29, 1.82) is 0 Å². The third-order valence-electron chi connectivity index (χ3n) is 8.97. The van der Waals surface area contributed by atoms with Crippen LogP contribution in [0.5, 0.6) is 11.5 Å². The fraction of sp³-hybridized carbons (Fsp3) is 0.538. The fourth-order valence-corrected chi connectivity index (χ4v) is 6.76. The summed E-state index contributed by atoms with van der Waals surface area (Å²) < 4.78 is 66.6. The first-order valence-corrected chi connectivity index (χ1v) is 18.2. The van der Waals surface area contributed by atoms with Crippen molar-refractivity contribution >= 4 is 47.8 Å². The number of hydrogen-bond donors (Lipinski definition) is 0. The Morgan fingerprint density at radius 2 is 1.32 bits per heavy atom. The Morgan fingerprint density at radius 1 is 0.678 bits per heavy atom. The van der Waals surface area contributed by atoms with E-state index in [2.05, 4.69) is 0 Å². The zero-order valence-electron chi connectivity index (χ0n) is 33.6. The Morgan fingerprint density at radius 3 is 1.92 bits per heavy atom. The summed E-state index contributed by atoms with van der Waals surface area (Å²) in [6.45, 7) is 5.74. The van der Waals surface area contributed by atoms with E-state index in [1.54, 1.807) is 12.1 Å². The van der Waals surface area contributed by atoms with Gasteiger partial charge >= 0.3 is 47.8 Å². The molecule has 1 aromatic rings. The molecule has 1 aliphatic carbocycles. The first-order chi connectivity index (χ1) is 27.9. The van der Waals surface area contributed by atoms with E-state index in [4.69, 9.17) is 56.8 Å². The van der Waals surface area contributed by atoms with Crippen molar-refractivity contribution in [3.63, 3.8) is 0 Å². The van der Waals surface area contributed by atoms with Crippen LogP contribution in [-0.2, 0) is 92.1 Å². The van der Waals surface area contributed by atoms with Crippen LogP contribution in [0.1, 0.15) is 53.5 Å². The van der Waals surface area contributed by atoms with Gasteiger partial charge < -0.3 is 56.8 Å². The second-order valence-electron chi connectivity index (χ2n) is 13.4. The normalized spacial score (nSPS) is 25.6. The number of hydrogen-bond acceptors (Lipinski definition) is 20. The largest absolute Gasteiger partial charge is 0.493 e. The SMILES string of the molecule is COC(=O)C1=CO[C@@H](O[C@@H]2O[C@H](COC(C)=O)[C@@H](OC(C)=O)[C@H](OC(C)=O)[C@H]2OC(C)=O)[C@@H]2C(COC(=O)CCc3ccc(OC(C)=O)c(OC)c3)=C[C@H](OC(C)=O)[C@H]12. The van der Waals surface area contributed by atoms with E-state index in [1.165, 1.54) is 26.2 Å². The number of carbonyl (C=O) groups is 8. The van der Waals surface area contributed by atoms with Crippen molar-refractivity contribution < 1.29 is 95.2 Å². The minimum Gasteiger partial charge on any atom is -0.493 e. The molecule has 0 spiro atoms. The molecule has 0 bridgehead atoms. The maximum absolute atomic E-state index is 13.1. The molecular weight excluding hydrogens is 788 g/mol. The van der Waals surface area contributed by atoms with Crippen LogP contribution in [-0.4, -0.2) is 118 Å². The number of benzene rings is 1. The highest BCUT2D eigenvalue weighted by molar-refractivity contribution is 5.89. The number of aryl methyl sites for hydroxylation is 1. The van der Waals surface area contributed by atoms with Gasteiger partial charge in [-0.2, -0.15) is 0 Å². The molecule has 0 saturated carbocycles. The molecule has 0 N–H and O–H groups in total. The van der Waals surface area contributed by atoms with Crippen LogP contribution in [0.3, 0.4) is 0 Å². The van der Waals surface area contributed by atoms with Gasteiger partial charge in [-0.1, -0.05) is 6.07 Å². The monoisotopic (exact) mass is 834 g/mol. The van der Waals surface area contributed by atoms with Gasteiger partial charge in [-0.3, -0.25) is 33.6 Å². The summed E-state index contributed by atoms with van der Waals surface area (Å²) in [6, 6.07) is 4.78. The van der Waals surface area contributed by atoms with E-state index in [9.17, 15) is 38.4 Å². The number of carbonyl (C=O) groups excluding carboxylic acids is 8. The van der Waals surface area contributed by atoms with Gasteiger partial charge in [0, 0.05) is 53.9 Å². The lowest BCUT2D eigenvalue weighted by molar-refractivity contribution is -0.342. The maximum Gasteiger partial charge on any atom is 0.337 e. The topological polar surface area (TPSA) is 247 Å². The molecule has 1 aromatic carbocycles. The van der Waals surface area contributed by atoms with Crippen molar-refractivity contribution in [3.8, 4) is 11.5 Å². The maximum atomic E-state index is 13.1. The number of rotatable bonds is 16. The molecular formula is C39H46O20. The van der Waals surface area contributed by atoms with Crippen LogP contribution in [0.25, 0.3) is 0 Å². The third-order valence-corrected chi connectivity index (χ3v) is 8.97. The molecule has 0 aromatic heterocycles. The van der Waals surface area contributed by atoms with Crippen molar-refractivity contribution in [1.82, 2.24) is 0 Å². The van der Waals surface area contributed by atoms with E-state index in [0.29, 0.717) is 5.56 Å². The lowest BCUT2D eigenvalue weighted by atomic mass is 9.82. The van der Waals surface area contributed by atoms with Gasteiger partial charge in [-0.15, -0.1) is 0 Å². The summed E-state index contributed by atoms with van der Waals surface area (Å²) in [6.07, 6.45) is -7.82. The van der Waals surface area contributed by atoms with E-state index in [-0.39, 0.29) is 35.5 Å². The molecule has 2 aliphatic heterocycles. The second kappa shape index (κ2) is 20.6. The number of ether oxygens (including phenoxy) is 12. The van der Waals surface area contributed by atoms with Crippen molar-refractivity contribution in [3.05, 3.63) is 47.2 Å². The molecule has 3 aliphatic rings. The zero-order chi connectivity index (χ0) is 43.6. The van der Waals surface area contributed by atoms with E-state index >= 15 is 0 Å². The highest BCUT2D eigenvalue weighted by Gasteiger charge is 2.57. The van der Waals surface area contributed by atoms with Gasteiger partial charge in [0.15, 0.2) is 29.8 Å². The van der Waals surface area contributed by atoms with Crippen LogP contribution < -0.4 is 9.47 Å². The summed E-state index contributed by atoms with van der Waals surface area (Å²) in [5.74, 6) is -7.75.